The molecule has 0 bridgehead atoms. The zero-order chi connectivity index (χ0) is 10.8. The molecule has 4 nitrogen and oxygen atoms in total. The van der Waals surface area contributed by atoms with Crippen molar-refractivity contribution in [3.05, 3.63) is 29.3 Å². The van der Waals surface area contributed by atoms with E-state index >= 15 is 0 Å². The van der Waals surface area contributed by atoms with Crippen molar-refractivity contribution in [2.24, 2.45) is 5.73 Å². The van der Waals surface area contributed by atoms with E-state index in [0.717, 1.165) is 12.0 Å². The highest BCUT2D eigenvalue weighted by atomic mass is 16.5. The molecule has 0 heterocycles. The molecule has 2 rings (SSSR count). The summed E-state index contributed by atoms with van der Waals surface area (Å²) in [6.07, 6.45) is 1.36. The van der Waals surface area contributed by atoms with E-state index in [-0.39, 0.29) is 12.4 Å². The van der Waals surface area contributed by atoms with Gasteiger partial charge in [0.05, 0.1) is 0 Å². The molecule has 0 saturated carbocycles. The number of aryl methyl sites for hydroxylation is 1. The van der Waals surface area contributed by atoms with Crippen LogP contribution in [0.5, 0.6) is 5.75 Å². The molecule has 1 aromatic rings. The Bertz CT molecular complexity index is 426. The van der Waals surface area contributed by atoms with Crippen molar-refractivity contribution in [3.8, 4) is 5.75 Å². The monoisotopic (exact) mass is 205 g/mol. The summed E-state index contributed by atoms with van der Waals surface area (Å²) in [7, 11) is 0. The minimum Gasteiger partial charge on any atom is -0.484 e. The van der Waals surface area contributed by atoms with Gasteiger partial charge < -0.3 is 10.5 Å². The Morgan fingerprint density at radius 1 is 1.40 bits per heavy atom. The summed E-state index contributed by atoms with van der Waals surface area (Å²) < 4.78 is 5.11. The summed E-state index contributed by atoms with van der Waals surface area (Å²) in [4.78, 5) is 21.9. The zero-order valence-electron chi connectivity index (χ0n) is 8.16. The van der Waals surface area contributed by atoms with Gasteiger partial charge in [-0.05, 0) is 24.1 Å². The Morgan fingerprint density at radius 2 is 2.20 bits per heavy atom. The van der Waals surface area contributed by atoms with Gasteiger partial charge in [-0.25, -0.2) is 0 Å². The largest absolute Gasteiger partial charge is 0.484 e. The molecule has 1 aliphatic carbocycles. The van der Waals surface area contributed by atoms with Crippen LogP contribution >= 0.6 is 0 Å². The van der Waals surface area contributed by atoms with E-state index in [4.69, 9.17) is 10.5 Å². The van der Waals surface area contributed by atoms with Gasteiger partial charge in [-0.2, -0.15) is 0 Å². The fourth-order valence-corrected chi connectivity index (χ4v) is 1.66. The Labute approximate surface area is 87.0 Å². The third kappa shape index (κ3) is 1.98. The maximum Gasteiger partial charge on any atom is 0.255 e. The van der Waals surface area contributed by atoms with Gasteiger partial charge in [0, 0.05) is 12.0 Å². The summed E-state index contributed by atoms with van der Waals surface area (Å²) in [5.41, 5.74) is 6.70. The van der Waals surface area contributed by atoms with Gasteiger partial charge in [0.2, 0.25) is 0 Å². The summed E-state index contributed by atoms with van der Waals surface area (Å²) in [5, 5.41) is 0. The van der Waals surface area contributed by atoms with E-state index in [1.165, 1.54) is 0 Å². The summed E-state index contributed by atoms with van der Waals surface area (Å²) in [6.45, 7) is -0.160. The van der Waals surface area contributed by atoms with Crippen LogP contribution in [0.25, 0.3) is 0 Å². The van der Waals surface area contributed by atoms with Gasteiger partial charge in [-0.15, -0.1) is 0 Å². The molecule has 0 saturated heterocycles. The highest BCUT2D eigenvalue weighted by molar-refractivity contribution is 6.00. The van der Waals surface area contributed by atoms with E-state index in [2.05, 4.69) is 0 Å². The van der Waals surface area contributed by atoms with E-state index in [9.17, 15) is 9.59 Å². The Balaban J connectivity index is 2.18. The lowest BCUT2D eigenvalue weighted by Gasteiger charge is -2.05. The second kappa shape index (κ2) is 3.73. The lowest BCUT2D eigenvalue weighted by molar-refractivity contribution is -0.119. The van der Waals surface area contributed by atoms with E-state index < -0.39 is 5.91 Å². The van der Waals surface area contributed by atoms with Crippen molar-refractivity contribution in [3.63, 3.8) is 0 Å². The predicted octanol–water partition coefficient (Wildman–Crippen LogP) is 0.680. The Morgan fingerprint density at radius 3 is 2.93 bits per heavy atom. The SMILES string of the molecule is NC(=O)COc1ccc2c(c1)C(=O)CC2. The highest BCUT2D eigenvalue weighted by Gasteiger charge is 2.19. The number of rotatable bonds is 3. The molecular weight excluding hydrogens is 194 g/mol. The van der Waals surface area contributed by atoms with Crippen LogP contribution in [0.3, 0.4) is 0 Å². The molecule has 1 aliphatic rings. The van der Waals surface area contributed by atoms with Crippen molar-refractivity contribution in [2.75, 3.05) is 6.61 Å². The lowest BCUT2D eigenvalue weighted by Crippen LogP contribution is -2.20. The minimum atomic E-state index is -0.526. The molecule has 0 aromatic heterocycles. The van der Waals surface area contributed by atoms with E-state index in [0.29, 0.717) is 17.7 Å². The van der Waals surface area contributed by atoms with Gasteiger partial charge in [-0.3, -0.25) is 9.59 Å². The molecule has 15 heavy (non-hydrogen) atoms. The van der Waals surface area contributed by atoms with Crippen LogP contribution in [0, 0.1) is 0 Å². The van der Waals surface area contributed by atoms with Crippen LogP contribution in [0.1, 0.15) is 22.3 Å². The van der Waals surface area contributed by atoms with Crippen LogP contribution in [0.4, 0.5) is 0 Å². The van der Waals surface area contributed by atoms with Crippen LogP contribution in [0.2, 0.25) is 0 Å². The van der Waals surface area contributed by atoms with Crippen molar-refractivity contribution >= 4 is 11.7 Å². The van der Waals surface area contributed by atoms with Crippen LogP contribution in [-0.2, 0) is 11.2 Å². The average molecular weight is 205 g/mol. The fourth-order valence-electron chi connectivity index (χ4n) is 1.66. The van der Waals surface area contributed by atoms with Crippen LogP contribution < -0.4 is 10.5 Å². The predicted molar refractivity (Wildman–Crippen MR) is 53.8 cm³/mol. The van der Waals surface area contributed by atoms with E-state index in [1.54, 1.807) is 12.1 Å². The molecule has 0 fully saturated rings. The quantitative estimate of drug-likeness (QED) is 0.788. The number of primary amides is 1. The topological polar surface area (TPSA) is 69.4 Å². The number of Topliss-reactive ketones (excluding diaryl/α,β-unsaturated/α-hetero) is 1. The number of nitrogens with two attached hydrogens (primary N) is 1. The molecule has 0 unspecified atom stereocenters. The van der Waals surface area contributed by atoms with Gasteiger partial charge in [0.1, 0.15) is 5.75 Å². The smallest absolute Gasteiger partial charge is 0.255 e. The number of benzene rings is 1. The number of amides is 1. The average Bonchev–Trinajstić information content (AvgIpc) is 2.57. The number of ether oxygens (including phenoxy) is 1. The summed E-state index contributed by atoms with van der Waals surface area (Å²) in [6, 6.07) is 5.28. The van der Waals surface area contributed by atoms with Gasteiger partial charge in [0.15, 0.2) is 12.4 Å². The molecular formula is C11H11NO3. The van der Waals surface area contributed by atoms with Crippen LogP contribution in [0.15, 0.2) is 18.2 Å². The van der Waals surface area contributed by atoms with Crippen molar-refractivity contribution in [1.82, 2.24) is 0 Å². The number of hydrogen-bond donors (Lipinski definition) is 1. The second-order valence-corrected chi connectivity index (χ2v) is 3.50. The van der Waals surface area contributed by atoms with Gasteiger partial charge in [0.25, 0.3) is 5.91 Å². The number of fused-ring (bicyclic) bond motifs is 1. The second-order valence-electron chi connectivity index (χ2n) is 3.50. The molecule has 0 radical (unpaired) electrons. The first-order valence-corrected chi connectivity index (χ1v) is 4.74. The van der Waals surface area contributed by atoms with Crippen LogP contribution in [-0.4, -0.2) is 18.3 Å². The molecule has 0 spiro atoms. The van der Waals surface area contributed by atoms with Gasteiger partial charge >= 0.3 is 0 Å². The van der Waals surface area contributed by atoms with Gasteiger partial charge in [-0.1, -0.05) is 6.07 Å². The van der Waals surface area contributed by atoms with E-state index in [1.807, 2.05) is 6.07 Å². The van der Waals surface area contributed by atoms with Crippen molar-refractivity contribution < 1.29 is 14.3 Å². The molecule has 0 aliphatic heterocycles. The number of carbonyl (C=O) groups is 2. The standard InChI is InChI=1S/C11H11NO3/c12-11(14)6-15-8-3-1-7-2-4-10(13)9(7)5-8/h1,3,5H,2,4,6H2,(H2,12,14). The normalized spacial score (nSPS) is 13.7. The number of hydrogen-bond acceptors (Lipinski definition) is 3. The number of carbonyl (C=O) groups excluding carboxylic acids is 2. The third-order valence-corrected chi connectivity index (χ3v) is 2.38. The minimum absolute atomic E-state index is 0.134. The maximum atomic E-state index is 11.4. The maximum absolute atomic E-state index is 11.4. The molecule has 78 valence electrons. The third-order valence-electron chi connectivity index (χ3n) is 2.38. The zero-order valence-corrected chi connectivity index (χ0v) is 8.16. The van der Waals surface area contributed by atoms with Crippen molar-refractivity contribution in [1.29, 1.82) is 0 Å². The molecule has 2 N–H and O–H groups in total. The first-order chi connectivity index (χ1) is 7.16. The molecule has 4 heteroatoms. The first kappa shape index (κ1) is 9.71. The Hall–Kier alpha value is -1.84. The molecule has 1 amide bonds. The molecule has 0 atom stereocenters. The lowest BCUT2D eigenvalue weighted by atomic mass is 10.1. The molecule has 1 aromatic carbocycles. The highest BCUT2D eigenvalue weighted by Crippen LogP contribution is 2.25. The number of ketones is 1. The summed E-state index contributed by atoms with van der Waals surface area (Å²) in [5.74, 6) is 0.124. The first-order valence-electron chi connectivity index (χ1n) is 4.74. The fraction of sp³-hybridized carbons (Fsp3) is 0.273. The van der Waals surface area contributed by atoms with Crippen molar-refractivity contribution in [2.45, 2.75) is 12.8 Å². The summed E-state index contributed by atoms with van der Waals surface area (Å²) >= 11 is 0. The Kier molecular flexibility index (Phi) is 2.41.